The Balaban J connectivity index is 3.15. The van der Waals surface area contributed by atoms with Crippen LogP contribution in [0.15, 0.2) is 0 Å². The molecule has 0 aliphatic heterocycles. The summed E-state index contributed by atoms with van der Waals surface area (Å²) in [4.78, 5) is 8.46. The summed E-state index contributed by atoms with van der Waals surface area (Å²) in [5.41, 5.74) is 1.06. The van der Waals surface area contributed by atoms with Crippen LogP contribution in [0.2, 0.25) is 25.3 Å². The molecule has 7 heavy (non-hydrogen) atoms. The first-order valence-electron chi connectivity index (χ1n) is 2.43. The van der Waals surface area contributed by atoms with Crippen molar-refractivity contribution in [2.75, 3.05) is 0 Å². The van der Waals surface area contributed by atoms with E-state index in [-0.39, 0.29) is 9.76 Å². The molecule has 0 aromatic rings. The monoisotopic (exact) mass is 132 g/mol. The molecule has 0 unspecified atom stereocenters. The second-order valence-corrected chi connectivity index (χ2v) is 9.75. The first-order chi connectivity index (χ1) is 3.06. The average molecular weight is 132 g/mol. The summed E-state index contributed by atoms with van der Waals surface area (Å²) >= 11 is 0. The molecule has 1 N–H and O–H groups in total. The van der Waals surface area contributed by atoms with Crippen molar-refractivity contribution in [3.05, 3.63) is 0 Å². The molecule has 0 rings (SSSR count). The average Bonchev–Trinajstić information content (AvgIpc) is 1.30. The van der Waals surface area contributed by atoms with E-state index in [0.717, 1.165) is 5.67 Å². The molecular formula is C4H12OSi2. The van der Waals surface area contributed by atoms with Crippen molar-refractivity contribution < 1.29 is 4.80 Å². The quantitative estimate of drug-likeness (QED) is 0.553. The van der Waals surface area contributed by atoms with Crippen LogP contribution in [0, 0.1) is 0 Å². The molecule has 1 nitrogen and oxygen atoms in total. The first kappa shape index (κ1) is 7.39. The van der Waals surface area contributed by atoms with E-state index in [4.69, 9.17) is 4.80 Å². The third kappa shape index (κ3) is 6.39. The van der Waals surface area contributed by atoms with Crippen LogP contribution in [0.5, 0.6) is 0 Å². The molecule has 0 aliphatic rings. The van der Waals surface area contributed by atoms with Crippen molar-refractivity contribution in [1.29, 1.82) is 0 Å². The van der Waals surface area contributed by atoms with E-state index in [9.17, 15) is 0 Å². The van der Waals surface area contributed by atoms with Crippen molar-refractivity contribution in [2.24, 2.45) is 0 Å². The maximum atomic E-state index is 8.46. The molecule has 0 fully saturated rings. The van der Waals surface area contributed by atoms with Crippen molar-refractivity contribution in [3.63, 3.8) is 0 Å². The highest BCUT2D eigenvalue weighted by Gasteiger charge is 2.11. The van der Waals surface area contributed by atoms with Gasteiger partial charge >= 0.3 is 0 Å². The largest absolute Gasteiger partial charge is 0.432 e. The third-order valence-electron chi connectivity index (χ3n) is 0.609. The van der Waals surface area contributed by atoms with Crippen molar-refractivity contribution in [3.8, 4) is 0 Å². The van der Waals surface area contributed by atoms with Crippen molar-refractivity contribution >= 4 is 17.8 Å². The molecule has 0 saturated heterocycles. The summed E-state index contributed by atoms with van der Waals surface area (Å²) in [5, 5.41) is 0. The van der Waals surface area contributed by atoms with E-state index in [1.807, 2.05) is 0 Å². The Bertz CT molecular complexity index is 48.1. The first-order valence-corrected chi connectivity index (χ1v) is 7.29. The zero-order valence-electron chi connectivity index (χ0n) is 5.15. The van der Waals surface area contributed by atoms with Gasteiger partial charge in [-0.05, 0) is 5.67 Å². The Hall–Kier alpha value is 0.394. The van der Waals surface area contributed by atoms with Crippen LogP contribution in [0.1, 0.15) is 0 Å². The Morgan fingerprint density at radius 3 is 1.86 bits per heavy atom. The third-order valence-corrected chi connectivity index (χ3v) is 5.48. The summed E-state index contributed by atoms with van der Waals surface area (Å²) in [6.45, 7) is 6.78. The fraction of sp³-hybridized carbons (Fsp3) is 1.00. The van der Waals surface area contributed by atoms with Crippen LogP contribution >= 0.6 is 0 Å². The minimum Gasteiger partial charge on any atom is -0.432 e. The molecule has 0 saturated carbocycles. The zero-order chi connectivity index (χ0) is 5.91. The highest BCUT2D eigenvalue weighted by Crippen LogP contribution is 2.03. The lowest BCUT2D eigenvalue weighted by Gasteiger charge is -2.10. The summed E-state index contributed by atoms with van der Waals surface area (Å²) in [5.74, 6) is 0. The summed E-state index contributed by atoms with van der Waals surface area (Å²) in [6, 6.07) is 0. The van der Waals surface area contributed by atoms with Gasteiger partial charge in [-0.15, -0.1) is 0 Å². The molecule has 0 bridgehead atoms. The van der Waals surface area contributed by atoms with Gasteiger partial charge in [-0.3, -0.25) is 0 Å². The van der Waals surface area contributed by atoms with Crippen LogP contribution in [0.3, 0.4) is 0 Å². The highest BCUT2D eigenvalue weighted by molar-refractivity contribution is 6.82. The lowest BCUT2D eigenvalue weighted by atomic mass is 11.8. The molecule has 0 heterocycles. The summed E-state index contributed by atoms with van der Waals surface area (Å²) < 4.78 is 0. The van der Waals surface area contributed by atoms with Crippen LogP contribution in [0.4, 0.5) is 0 Å². The second kappa shape index (κ2) is 2.64. The number of rotatable bonds is 2. The zero-order valence-corrected chi connectivity index (χ0v) is 7.15. The van der Waals surface area contributed by atoms with Gasteiger partial charge in [0.05, 0.1) is 0 Å². The smallest absolute Gasteiger partial charge is 0.221 e. The molecule has 0 amide bonds. The number of hydrogen-bond acceptors (Lipinski definition) is 1. The van der Waals surface area contributed by atoms with Crippen molar-refractivity contribution in [2.45, 2.75) is 25.3 Å². The Morgan fingerprint density at radius 2 is 1.86 bits per heavy atom. The normalized spacial score (nSPS) is 12.0. The fourth-order valence-corrected chi connectivity index (χ4v) is 2.13. The molecular weight excluding hydrogens is 120 g/mol. The van der Waals surface area contributed by atoms with Gasteiger partial charge in [-0.1, -0.05) is 19.6 Å². The van der Waals surface area contributed by atoms with E-state index in [0.29, 0.717) is 0 Å². The number of hydrogen-bond donors (Lipinski definition) is 1. The molecule has 42 valence electrons. The van der Waals surface area contributed by atoms with Gasteiger partial charge in [-0.2, -0.15) is 0 Å². The van der Waals surface area contributed by atoms with E-state index in [1.165, 1.54) is 0 Å². The SMILES string of the molecule is C[Si](C)(C)C[Si]O. The molecule has 0 aliphatic carbocycles. The summed E-state index contributed by atoms with van der Waals surface area (Å²) in [6.07, 6.45) is 0. The van der Waals surface area contributed by atoms with E-state index < -0.39 is 8.07 Å². The molecule has 2 radical (unpaired) electrons. The van der Waals surface area contributed by atoms with E-state index in [1.54, 1.807) is 0 Å². The van der Waals surface area contributed by atoms with E-state index in [2.05, 4.69) is 19.6 Å². The van der Waals surface area contributed by atoms with Crippen LogP contribution in [-0.2, 0) is 0 Å². The van der Waals surface area contributed by atoms with Crippen LogP contribution in [0.25, 0.3) is 0 Å². The van der Waals surface area contributed by atoms with Crippen LogP contribution < -0.4 is 0 Å². The van der Waals surface area contributed by atoms with Gasteiger partial charge in [0.25, 0.3) is 0 Å². The lowest BCUT2D eigenvalue weighted by molar-refractivity contribution is 0.607. The maximum Gasteiger partial charge on any atom is 0.221 e. The molecule has 0 atom stereocenters. The summed E-state index contributed by atoms with van der Waals surface area (Å²) in [7, 11) is -0.724. The van der Waals surface area contributed by atoms with Crippen LogP contribution in [-0.4, -0.2) is 22.6 Å². The molecule has 3 heteroatoms. The molecule has 0 spiro atoms. The van der Waals surface area contributed by atoms with Crippen molar-refractivity contribution in [1.82, 2.24) is 0 Å². The Kier molecular flexibility index (Phi) is 2.79. The minimum atomic E-state index is -0.895. The molecule has 0 aromatic heterocycles. The predicted molar refractivity (Wildman–Crippen MR) is 36.1 cm³/mol. The lowest BCUT2D eigenvalue weighted by Crippen LogP contribution is -2.21. The highest BCUT2D eigenvalue weighted by atomic mass is 28.4. The topological polar surface area (TPSA) is 20.2 Å². The van der Waals surface area contributed by atoms with Gasteiger partial charge in [-0.25, -0.2) is 0 Å². The standard InChI is InChI=1S/C4H12OSi2/c1-7(2,3)4-6-5/h5H,4H2,1-3H3. The predicted octanol–water partition coefficient (Wildman–Crippen LogP) is 0.894. The fourth-order valence-electron chi connectivity index (χ4n) is 0.237. The second-order valence-electron chi connectivity index (χ2n) is 2.90. The van der Waals surface area contributed by atoms with Gasteiger partial charge in [0.1, 0.15) is 0 Å². The van der Waals surface area contributed by atoms with Gasteiger partial charge in [0.15, 0.2) is 0 Å². The van der Waals surface area contributed by atoms with Gasteiger partial charge in [0, 0.05) is 8.07 Å². The Morgan fingerprint density at radius 1 is 1.43 bits per heavy atom. The van der Waals surface area contributed by atoms with E-state index >= 15 is 0 Å². The molecule has 0 aromatic carbocycles. The maximum absolute atomic E-state index is 8.46. The van der Waals surface area contributed by atoms with Gasteiger partial charge in [0.2, 0.25) is 9.76 Å². The van der Waals surface area contributed by atoms with Gasteiger partial charge < -0.3 is 4.80 Å². The Labute approximate surface area is 48.7 Å². The minimum absolute atomic E-state index is 0.171.